The van der Waals surface area contributed by atoms with Crippen LogP contribution in [0.5, 0.6) is 0 Å². The molecule has 0 rings (SSSR count). The summed E-state index contributed by atoms with van der Waals surface area (Å²) in [5, 5.41) is 7.83. The van der Waals surface area contributed by atoms with Gasteiger partial charge in [-0.3, -0.25) is 4.79 Å². The predicted octanol–water partition coefficient (Wildman–Crippen LogP) is 3.21. The average Bonchev–Trinajstić information content (AvgIpc) is 2.03. The van der Waals surface area contributed by atoms with Crippen molar-refractivity contribution in [3.8, 4) is 0 Å². The Morgan fingerprint density at radius 3 is 2.00 bits per heavy atom. The van der Waals surface area contributed by atoms with Crippen LogP contribution in [0, 0.1) is 0 Å². The van der Waals surface area contributed by atoms with E-state index in [9.17, 15) is 4.79 Å². The molecule has 5 heteroatoms. The van der Waals surface area contributed by atoms with Gasteiger partial charge in [0.1, 0.15) is 8.78 Å². The Hall–Kier alpha value is 0.260. The van der Waals surface area contributed by atoms with Crippen LogP contribution in [0.3, 0.4) is 0 Å². The Morgan fingerprint density at radius 1 is 1.54 bits per heavy atom. The van der Waals surface area contributed by atoms with Crippen LogP contribution < -0.4 is 0 Å². The zero-order valence-corrected chi connectivity index (χ0v) is 10.6. The lowest BCUT2D eigenvalue weighted by atomic mass is 10.4. The minimum Gasteiger partial charge on any atom is -0.480 e. The van der Waals surface area contributed by atoms with Crippen LogP contribution in [0.25, 0.3) is 0 Å². The number of carboxylic acids is 1. The summed E-state index contributed by atoms with van der Waals surface area (Å²) in [4.78, 5) is 10.1. The van der Waals surface area contributed by atoms with E-state index in [-0.39, 0.29) is 0 Å². The Bertz CT molecular complexity index is 157. The van der Waals surface area contributed by atoms with Crippen LogP contribution in [0.4, 0.5) is 0 Å². The molecule has 1 N–H and O–H groups in total. The van der Waals surface area contributed by atoms with E-state index in [0.717, 1.165) is 11.8 Å². The number of hydrogen-bond acceptors (Lipinski definition) is 3. The van der Waals surface area contributed by atoms with Gasteiger partial charge in [0.15, 0.2) is 0 Å². The van der Waals surface area contributed by atoms with Crippen LogP contribution in [-0.4, -0.2) is 19.9 Å². The maximum Gasteiger partial charge on any atom is 0.316 e. The summed E-state index contributed by atoms with van der Waals surface area (Å²) < 4.78 is 0.366. The molecular weight excluding hydrogens is 224 g/mol. The van der Waals surface area contributed by atoms with E-state index >= 15 is 0 Å². The van der Waals surface area contributed by atoms with Crippen molar-refractivity contribution in [2.24, 2.45) is 0 Å². The highest BCUT2D eigenvalue weighted by Crippen LogP contribution is 2.14. The van der Waals surface area contributed by atoms with E-state index in [1.165, 1.54) is 12.8 Å². The Kier molecular flexibility index (Phi) is 12.5. The summed E-state index contributed by atoms with van der Waals surface area (Å²) in [6, 6.07) is 0. The van der Waals surface area contributed by atoms with E-state index in [1.54, 1.807) is 6.92 Å². The molecule has 0 fully saturated rings. The molecule has 0 amide bonds. The highest BCUT2D eigenvalue weighted by Gasteiger charge is 2.11. The lowest BCUT2D eigenvalue weighted by molar-refractivity contribution is -0.136. The summed E-state index contributed by atoms with van der Waals surface area (Å²) in [5.74, 6) is -0.864. The predicted molar refractivity (Wildman–Crippen MR) is 66.9 cm³/mol. The second-order valence-corrected chi connectivity index (χ2v) is 5.43. The SMILES string of the molecule is CC(SC(=S)S)C(=O)O.CCCC. The van der Waals surface area contributed by atoms with E-state index < -0.39 is 11.2 Å². The molecule has 0 aliphatic carbocycles. The van der Waals surface area contributed by atoms with Gasteiger partial charge in [-0.2, -0.15) is 0 Å². The first-order valence-electron chi connectivity index (χ1n) is 4.08. The van der Waals surface area contributed by atoms with E-state index in [1.807, 2.05) is 0 Å². The highest BCUT2D eigenvalue weighted by atomic mass is 32.2. The van der Waals surface area contributed by atoms with Crippen LogP contribution in [0.1, 0.15) is 33.6 Å². The average molecular weight is 240 g/mol. The van der Waals surface area contributed by atoms with Crippen molar-refractivity contribution in [1.29, 1.82) is 0 Å². The van der Waals surface area contributed by atoms with Crippen molar-refractivity contribution >= 4 is 46.1 Å². The number of rotatable bonds is 3. The second kappa shape index (κ2) is 10.3. The maximum absolute atomic E-state index is 10.1. The topological polar surface area (TPSA) is 37.3 Å². The second-order valence-electron chi connectivity index (χ2n) is 2.36. The lowest BCUT2D eigenvalue weighted by Crippen LogP contribution is -2.11. The molecule has 0 aromatic carbocycles. The number of thiocarbonyl (C=S) groups is 1. The Labute approximate surface area is 94.9 Å². The van der Waals surface area contributed by atoms with Crippen molar-refractivity contribution in [3.63, 3.8) is 0 Å². The number of carbonyl (C=O) groups is 1. The van der Waals surface area contributed by atoms with Gasteiger partial charge in [-0.25, -0.2) is 0 Å². The third kappa shape index (κ3) is 15.1. The molecule has 0 spiro atoms. The highest BCUT2D eigenvalue weighted by molar-refractivity contribution is 8.42. The van der Waals surface area contributed by atoms with Gasteiger partial charge >= 0.3 is 5.97 Å². The normalized spacial score (nSPS) is 11.1. The van der Waals surface area contributed by atoms with Crippen molar-refractivity contribution in [1.82, 2.24) is 0 Å². The largest absolute Gasteiger partial charge is 0.480 e. The molecule has 0 aromatic heterocycles. The molecule has 0 bridgehead atoms. The van der Waals surface area contributed by atoms with E-state index in [2.05, 4.69) is 38.7 Å². The monoisotopic (exact) mass is 240 g/mol. The number of thioether (sulfide) groups is 1. The third-order valence-corrected chi connectivity index (χ3v) is 2.49. The summed E-state index contributed by atoms with van der Waals surface area (Å²) in [7, 11) is 0. The van der Waals surface area contributed by atoms with E-state index in [0.29, 0.717) is 3.53 Å². The molecule has 2 nitrogen and oxygen atoms in total. The molecule has 0 aromatic rings. The van der Waals surface area contributed by atoms with Gasteiger partial charge in [0.25, 0.3) is 0 Å². The van der Waals surface area contributed by atoms with Gasteiger partial charge in [0.2, 0.25) is 0 Å². The summed E-state index contributed by atoms with van der Waals surface area (Å²) >= 11 is 9.38. The minimum atomic E-state index is -0.864. The standard InChI is InChI=1S/C4H6O2S3.C4H10/c1-2(3(5)6)9-4(7)8;1-3-4-2/h2H,1H3,(H,5,6)(H,7,8);3-4H2,1-2H3. The van der Waals surface area contributed by atoms with Gasteiger partial charge in [-0.05, 0) is 6.92 Å². The van der Waals surface area contributed by atoms with Crippen LogP contribution in [0.15, 0.2) is 0 Å². The van der Waals surface area contributed by atoms with Gasteiger partial charge in [0, 0.05) is 0 Å². The smallest absolute Gasteiger partial charge is 0.316 e. The Balaban J connectivity index is 0. The summed E-state index contributed by atoms with van der Waals surface area (Å²) in [6.45, 7) is 5.93. The molecule has 78 valence electrons. The van der Waals surface area contributed by atoms with Gasteiger partial charge in [-0.1, -0.05) is 50.7 Å². The van der Waals surface area contributed by atoms with Crippen molar-refractivity contribution in [2.75, 3.05) is 0 Å². The molecule has 0 radical (unpaired) electrons. The molecule has 1 unspecified atom stereocenters. The van der Waals surface area contributed by atoms with Gasteiger partial charge < -0.3 is 5.11 Å². The number of hydrogen-bond donors (Lipinski definition) is 2. The molecule has 0 aliphatic rings. The van der Waals surface area contributed by atoms with Gasteiger partial charge in [-0.15, -0.1) is 12.6 Å². The zero-order valence-electron chi connectivity index (χ0n) is 8.11. The number of thiol groups is 1. The maximum atomic E-state index is 10.1. The molecule has 0 aliphatic heterocycles. The van der Waals surface area contributed by atoms with Gasteiger partial charge in [0.05, 0.1) is 0 Å². The fourth-order valence-electron chi connectivity index (χ4n) is 0.202. The first kappa shape index (κ1) is 15.7. The number of carboxylic acid groups (broad SMARTS) is 1. The summed E-state index contributed by atoms with van der Waals surface area (Å²) in [6.07, 6.45) is 2.64. The van der Waals surface area contributed by atoms with Crippen molar-refractivity contribution < 1.29 is 9.90 Å². The lowest BCUT2D eigenvalue weighted by Gasteiger charge is -2.00. The van der Waals surface area contributed by atoms with E-state index in [4.69, 9.17) is 5.11 Å². The Morgan fingerprint density at radius 2 is 1.92 bits per heavy atom. The van der Waals surface area contributed by atoms with Crippen molar-refractivity contribution in [2.45, 2.75) is 38.9 Å². The quantitative estimate of drug-likeness (QED) is 0.587. The minimum absolute atomic E-state index is 0.366. The molecule has 0 heterocycles. The molecule has 1 atom stereocenters. The number of unbranched alkanes of at least 4 members (excludes halogenated alkanes) is 1. The van der Waals surface area contributed by atoms with Crippen LogP contribution in [-0.2, 0) is 4.79 Å². The number of aliphatic carboxylic acids is 1. The first-order valence-corrected chi connectivity index (χ1v) is 5.81. The fourth-order valence-corrected chi connectivity index (χ4v) is 1.51. The molecule has 0 saturated carbocycles. The molecular formula is C8H16O2S3. The first-order chi connectivity index (χ1) is 5.95. The third-order valence-electron chi connectivity index (χ3n) is 1.13. The fraction of sp³-hybridized carbons (Fsp3) is 0.750. The molecule has 0 saturated heterocycles. The van der Waals surface area contributed by atoms with Crippen molar-refractivity contribution in [3.05, 3.63) is 0 Å². The molecule has 13 heavy (non-hydrogen) atoms. The summed E-state index contributed by atoms with van der Waals surface area (Å²) in [5.41, 5.74) is 0. The van der Waals surface area contributed by atoms with Crippen LogP contribution >= 0.6 is 36.6 Å². The zero-order chi connectivity index (χ0) is 10.9. The van der Waals surface area contributed by atoms with Crippen LogP contribution in [0.2, 0.25) is 0 Å².